The van der Waals surface area contributed by atoms with Crippen molar-refractivity contribution < 1.29 is 4.79 Å². The summed E-state index contributed by atoms with van der Waals surface area (Å²) in [5, 5.41) is 6.86. The monoisotopic (exact) mass is 323 g/mol. The van der Waals surface area contributed by atoms with Gasteiger partial charge in [0.15, 0.2) is 0 Å². The highest BCUT2D eigenvalue weighted by atomic mass is 16.2. The second-order valence-electron chi connectivity index (χ2n) is 5.25. The molecule has 1 atom stereocenters. The number of hydrogen-bond donors (Lipinski definition) is 2. The van der Waals surface area contributed by atoms with E-state index in [1.807, 2.05) is 37.3 Å². The van der Waals surface area contributed by atoms with Gasteiger partial charge < -0.3 is 5.32 Å². The fourth-order valence-electron chi connectivity index (χ4n) is 2.40. The maximum Gasteiger partial charge on any atom is 0.265 e. The van der Waals surface area contributed by atoms with Gasteiger partial charge in [0.05, 0.1) is 6.04 Å². The number of amides is 1. The van der Waals surface area contributed by atoms with Gasteiger partial charge in [0.2, 0.25) is 5.95 Å². The normalized spacial score (nSPS) is 11.9. The van der Waals surface area contributed by atoms with Crippen LogP contribution in [0.15, 0.2) is 59.8 Å². The number of H-pyrrole nitrogens is 1. The Morgan fingerprint density at radius 3 is 2.71 bits per heavy atom. The average Bonchev–Trinajstić information content (AvgIpc) is 3.14. The predicted octanol–water partition coefficient (Wildman–Crippen LogP) is 1.84. The first kappa shape index (κ1) is 15.7. The van der Waals surface area contributed by atoms with E-state index in [0.717, 1.165) is 5.56 Å². The number of carbonyl (C=O) groups is 1. The predicted molar refractivity (Wildman–Crippen MR) is 88.9 cm³/mol. The fourth-order valence-corrected chi connectivity index (χ4v) is 2.40. The molecule has 0 spiro atoms. The van der Waals surface area contributed by atoms with Gasteiger partial charge in [0, 0.05) is 18.6 Å². The van der Waals surface area contributed by atoms with Crippen molar-refractivity contribution in [3.05, 3.63) is 76.5 Å². The molecule has 0 aliphatic carbocycles. The Kier molecular flexibility index (Phi) is 4.51. The fraction of sp³-hybridized carbons (Fsp3) is 0.176. The van der Waals surface area contributed by atoms with Crippen molar-refractivity contribution in [2.75, 3.05) is 0 Å². The first-order valence-corrected chi connectivity index (χ1v) is 7.64. The van der Waals surface area contributed by atoms with Crippen LogP contribution in [0, 0.1) is 0 Å². The lowest BCUT2D eigenvalue weighted by Gasteiger charge is -2.17. The van der Waals surface area contributed by atoms with E-state index in [-0.39, 0.29) is 17.6 Å². The van der Waals surface area contributed by atoms with E-state index in [2.05, 4.69) is 20.4 Å². The number of carbonyl (C=O) groups excluding carboxylic acids is 1. The molecule has 0 aliphatic rings. The number of aromatic amines is 1. The SMILES string of the molecule is CCC(NC(=O)c1cnc(-n2cccn2)[nH]c1=O)c1ccccc1. The largest absolute Gasteiger partial charge is 0.345 e. The topological polar surface area (TPSA) is 92.7 Å². The van der Waals surface area contributed by atoms with Gasteiger partial charge in [-0.3, -0.25) is 14.6 Å². The van der Waals surface area contributed by atoms with Crippen LogP contribution < -0.4 is 10.9 Å². The molecule has 3 rings (SSSR count). The van der Waals surface area contributed by atoms with Gasteiger partial charge in [-0.25, -0.2) is 9.67 Å². The molecular weight excluding hydrogens is 306 g/mol. The van der Waals surface area contributed by atoms with Crippen LogP contribution >= 0.6 is 0 Å². The van der Waals surface area contributed by atoms with E-state index in [1.165, 1.54) is 10.9 Å². The van der Waals surface area contributed by atoms with Gasteiger partial charge in [-0.05, 0) is 18.1 Å². The molecule has 7 nitrogen and oxygen atoms in total. The number of rotatable bonds is 5. The summed E-state index contributed by atoms with van der Waals surface area (Å²) >= 11 is 0. The zero-order valence-corrected chi connectivity index (χ0v) is 13.1. The molecule has 0 bridgehead atoms. The molecule has 0 fully saturated rings. The Balaban J connectivity index is 1.81. The maximum atomic E-state index is 12.4. The first-order chi connectivity index (χ1) is 11.7. The summed E-state index contributed by atoms with van der Waals surface area (Å²) in [7, 11) is 0. The first-order valence-electron chi connectivity index (χ1n) is 7.64. The van der Waals surface area contributed by atoms with E-state index >= 15 is 0 Å². The molecule has 122 valence electrons. The molecule has 24 heavy (non-hydrogen) atoms. The quantitative estimate of drug-likeness (QED) is 0.749. The molecule has 1 unspecified atom stereocenters. The minimum Gasteiger partial charge on any atom is -0.345 e. The minimum absolute atomic E-state index is 0.0275. The van der Waals surface area contributed by atoms with Crippen LogP contribution in [-0.2, 0) is 0 Å². The molecule has 1 amide bonds. The Bertz CT molecular complexity index is 872. The van der Waals surface area contributed by atoms with Crippen molar-refractivity contribution >= 4 is 5.91 Å². The molecule has 1 aromatic carbocycles. The minimum atomic E-state index is -0.504. The molecule has 3 aromatic rings. The lowest BCUT2D eigenvalue weighted by atomic mass is 10.0. The van der Waals surface area contributed by atoms with Crippen molar-refractivity contribution in [1.29, 1.82) is 0 Å². The lowest BCUT2D eigenvalue weighted by Crippen LogP contribution is -2.33. The number of hydrogen-bond acceptors (Lipinski definition) is 4. The van der Waals surface area contributed by atoms with E-state index in [9.17, 15) is 9.59 Å². The van der Waals surface area contributed by atoms with E-state index in [1.54, 1.807) is 18.5 Å². The van der Waals surface area contributed by atoms with E-state index < -0.39 is 11.5 Å². The van der Waals surface area contributed by atoms with Crippen LogP contribution in [-0.4, -0.2) is 25.7 Å². The van der Waals surface area contributed by atoms with E-state index in [0.29, 0.717) is 6.42 Å². The zero-order valence-electron chi connectivity index (χ0n) is 13.1. The number of aromatic nitrogens is 4. The second-order valence-corrected chi connectivity index (χ2v) is 5.25. The Labute approximate surface area is 138 Å². The number of nitrogens with zero attached hydrogens (tertiary/aromatic N) is 3. The summed E-state index contributed by atoms with van der Waals surface area (Å²) in [6, 6.07) is 11.2. The smallest absolute Gasteiger partial charge is 0.265 e. The number of nitrogens with one attached hydrogen (secondary N) is 2. The summed E-state index contributed by atoms with van der Waals surface area (Å²) in [5.41, 5.74) is 0.460. The highest BCUT2D eigenvalue weighted by Gasteiger charge is 2.17. The molecule has 2 heterocycles. The van der Waals surface area contributed by atoms with Gasteiger partial charge in [-0.2, -0.15) is 5.10 Å². The van der Waals surface area contributed by atoms with Crippen molar-refractivity contribution in [3.63, 3.8) is 0 Å². The molecule has 0 saturated heterocycles. The maximum absolute atomic E-state index is 12.4. The molecular formula is C17H17N5O2. The third-order valence-electron chi connectivity index (χ3n) is 3.67. The lowest BCUT2D eigenvalue weighted by molar-refractivity contribution is 0.0933. The van der Waals surface area contributed by atoms with Crippen molar-refractivity contribution in [1.82, 2.24) is 25.1 Å². The van der Waals surface area contributed by atoms with Gasteiger partial charge in [-0.15, -0.1) is 0 Å². The van der Waals surface area contributed by atoms with E-state index in [4.69, 9.17) is 0 Å². The van der Waals surface area contributed by atoms with Crippen LogP contribution in [0.25, 0.3) is 5.95 Å². The van der Waals surface area contributed by atoms with Crippen LogP contribution in [0.3, 0.4) is 0 Å². The average molecular weight is 323 g/mol. The standard InChI is InChI=1S/C17H17N5O2/c1-2-14(12-7-4-3-5-8-12)20-15(23)13-11-18-17(21-16(13)24)22-10-6-9-19-22/h3-11,14H,2H2,1H3,(H,20,23)(H,18,21,24). The van der Waals surface area contributed by atoms with Crippen LogP contribution in [0.4, 0.5) is 0 Å². The molecule has 0 saturated carbocycles. The molecule has 2 N–H and O–H groups in total. The highest BCUT2D eigenvalue weighted by molar-refractivity contribution is 5.93. The van der Waals surface area contributed by atoms with Crippen molar-refractivity contribution in [2.24, 2.45) is 0 Å². The van der Waals surface area contributed by atoms with Gasteiger partial charge in [0.25, 0.3) is 11.5 Å². The molecule has 0 radical (unpaired) electrons. The molecule has 0 aliphatic heterocycles. The van der Waals surface area contributed by atoms with Gasteiger partial charge in [0.1, 0.15) is 5.56 Å². The second kappa shape index (κ2) is 6.91. The summed E-state index contributed by atoms with van der Waals surface area (Å²) < 4.78 is 1.42. The highest BCUT2D eigenvalue weighted by Crippen LogP contribution is 2.16. The number of benzene rings is 1. The third-order valence-corrected chi connectivity index (χ3v) is 3.67. The molecule has 7 heteroatoms. The summed E-state index contributed by atoms with van der Waals surface area (Å²) in [4.78, 5) is 31.3. The van der Waals surface area contributed by atoms with Crippen LogP contribution in [0.1, 0.15) is 35.3 Å². The summed E-state index contributed by atoms with van der Waals surface area (Å²) in [6.45, 7) is 1.97. The Morgan fingerprint density at radius 2 is 2.08 bits per heavy atom. The van der Waals surface area contributed by atoms with Crippen LogP contribution in [0.5, 0.6) is 0 Å². The zero-order chi connectivity index (χ0) is 16.9. The van der Waals surface area contributed by atoms with Crippen molar-refractivity contribution in [3.8, 4) is 5.95 Å². The third kappa shape index (κ3) is 3.24. The summed E-state index contributed by atoms with van der Waals surface area (Å²) in [5.74, 6) is -0.192. The van der Waals surface area contributed by atoms with Crippen LogP contribution in [0.2, 0.25) is 0 Å². The van der Waals surface area contributed by atoms with Gasteiger partial charge >= 0.3 is 0 Å². The Morgan fingerprint density at radius 1 is 1.29 bits per heavy atom. The van der Waals surface area contributed by atoms with Gasteiger partial charge in [-0.1, -0.05) is 37.3 Å². The molecule has 2 aromatic heterocycles. The summed E-state index contributed by atoms with van der Waals surface area (Å²) in [6.07, 6.45) is 5.21. The van der Waals surface area contributed by atoms with Crippen molar-refractivity contribution in [2.45, 2.75) is 19.4 Å². The Hall–Kier alpha value is -3.22.